The average Bonchev–Trinajstić information content (AvgIpc) is 3.47. The number of ether oxygens (including phenoxy) is 4. The summed E-state index contributed by atoms with van der Waals surface area (Å²) in [6.45, 7) is 8.45. The van der Waals surface area contributed by atoms with E-state index in [4.69, 9.17) is 18.9 Å². The highest BCUT2D eigenvalue weighted by Crippen LogP contribution is 2.42. The van der Waals surface area contributed by atoms with Gasteiger partial charge in [-0.1, -0.05) is 31.2 Å². The molecule has 0 radical (unpaired) electrons. The molecule has 3 saturated heterocycles. The Morgan fingerprint density at radius 1 is 0.939 bits per heavy atom. The lowest BCUT2D eigenvalue weighted by Gasteiger charge is -2.48. The predicted octanol–water partition coefficient (Wildman–Crippen LogP) is 5.35. The van der Waals surface area contributed by atoms with Crippen molar-refractivity contribution < 1.29 is 24.1 Å². The lowest BCUT2D eigenvalue weighted by Crippen LogP contribution is -2.60. The summed E-state index contributed by atoms with van der Waals surface area (Å²) in [6, 6.07) is 12.4. The van der Waals surface area contributed by atoms with Gasteiger partial charge in [-0.2, -0.15) is 0 Å². The third-order valence-electron chi connectivity index (χ3n) is 6.23. The van der Waals surface area contributed by atoms with E-state index in [2.05, 4.69) is 55.8 Å². The zero-order chi connectivity index (χ0) is 23.1. The number of rotatable bonds is 8. The van der Waals surface area contributed by atoms with E-state index in [0.717, 1.165) is 39.3 Å². The fourth-order valence-corrected chi connectivity index (χ4v) is 6.33. The Morgan fingerprint density at radius 3 is 1.97 bits per heavy atom. The first-order chi connectivity index (χ1) is 15.8. The summed E-state index contributed by atoms with van der Waals surface area (Å²) in [5.41, 5.74) is 3.19. The minimum atomic E-state index is -1.32. The second-order valence-corrected chi connectivity index (χ2v) is 11.3. The van der Waals surface area contributed by atoms with Crippen LogP contribution in [0.3, 0.4) is 0 Å². The van der Waals surface area contributed by atoms with Crippen LogP contribution in [0.1, 0.15) is 45.4 Å². The molecule has 2 bridgehead atoms. The van der Waals surface area contributed by atoms with Crippen molar-refractivity contribution in [3.05, 3.63) is 79.2 Å². The quantitative estimate of drug-likeness (QED) is 0.435. The van der Waals surface area contributed by atoms with Crippen molar-refractivity contribution in [1.82, 2.24) is 0 Å². The molecule has 0 atom stereocenters. The fourth-order valence-electron chi connectivity index (χ4n) is 4.20. The van der Waals surface area contributed by atoms with E-state index in [1.165, 1.54) is 5.56 Å². The summed E-state index contributed by atoms with van der Waals surface area (Å²) in [5.74, 6) is 0. The first kappa shape index (κ1) is 23.2. The Balaban J connectivity index is 1.24. The van der Waals surface area contributed by atoms with Crippen molar-refractivity contribution in [2.75, 3.05) is 26.4 Å². The molecule has 176 valence electrons. The highest BCUT2D eigenvalue weighted by Gasteiger charge is 2.51. The normalized spacial score (nSPS) is 25.0. The Kier molecular flexibility index (Phi) is 6.24. The van der Waals surface area contributed by atoms with Gasteiger partial charge in [-0.15, -0.1) is 22.7 Å². The number of thiophene rings is 2. The molecule has 0 amide bonds. The van der Waals surface area contributed by atoms with Crippen LogP contribution in [0.4, 0.5) is 0 Å². The number of hydrogen-bond acceptors (Lipinski definition) is 7. The smallest absolute Gasteiger partial charge is 0.374 e. The molecule has 7 heteroatoms. The molecule has 5 nitrogen and oxygen atoms in total. The van der Waals surface area contributed by atoms with Crippen molar-refractivity contribution >= 4 is 22.7 Å². The molecule has 3 aliphatic rings. The van der Waals surface area contributed by atoms with Gasteiger partial charge in [-0.05, 0) is 71.8 Å². The zero-order valence-corrected chi connectivity index (χ0v) is 20.9. The zero-order valence-electron chi connectivity index (χ0n) is 19.3. The van der Waals surface area contributed by atoms with Crippen LogP contribution in [-0.2, 0) is 31.0 Å². The second kappa shape index (κ2) is 8.89. The van der Waals surface area contributed by atoms with Crippen LogP contribution in [0.25, 0.3) is 0 Å². The van der Waals surface area contributed by atoms with Gasteiger partial charge in [0.2, 0.25) is 0 Å². The first-order valence-electron chi connectivity index (χ1n) is 11.3. The lowest BCUT2D eigenvalue weighted by molar-refractivity contribution is -0.558. The van der Waals surface area contributed by atoms with Crippen molar-refractivity contribution in [2.45, 2.75) is 45.4 Å². The molecule has 0 saturated carbocycles. The molecule has 5 heterocycles. The van der Waals surface area contributed by atoms with E-state index < -0.39 is 11.8 Å². The van der Waals surface area contributed by atoms with Crippen molar-refractivity contribution in [3.8, 4) is 0 Å². The molecule has 6 rings (SSSR count). The standard InChI is InChI=1S/C26H30O5S2/c1-18-11-22(32-13-18)25(27,23-12-19(2)14-33-23)21-8-6-20(7-9-21)5-4-10-28-26-29-15-24(3,16-30-26)17-31-26/h6-9,11-14,27H,4-5,10,15-17H2,1-3H3. The summed E-state index contributed by atoms with van der Waals surface area (Å²) >= 11 is 3.20. The van der Waals surface area contributed by atoms with Gasteiger partial charge in [0.1, 0.15) is 0 Å². The molecular weight excluding hydrogens is 456 g/mol. The number of fused-ring (bicyclic) bond motifs is 3. The molecule has 0 unspecified atom stereocenters. The van der Waals surface area contributed by atoms with Gasteiger partial charge in [0.25, 0.3) is 0 Å². The predicted molar refractivity (Wildman–Crippen MR) is 130 cm³/mol. The summed E-state index contributed by atoms with van der Waals surface area (Å²) < 4.78 is 22.8. The number of aliphatic hydroxyl groups is 1. The molecule has 2 aromatic heterocycles. The van der Waals surface area contributed by atoms with Crippen LogP contribution in [0, 0.1) is 19.3 Å². The SMILES string of the molecule is Cc1csc(C(O)(c2ccc(CCCOC34OCC(C)(CO3)CO4)cc2)c2cc(C)cs2)c1. The second-order valence-electron chi connectivity index (χ2n) is 9.51. The summed E-state index contributed by atoms with van der Waals surface area (Å²) in [4.78, 5) is 1.89. The molecule has 33 heavy (non-hydrogen) atoms. The molecule has 3 aliphatic heterocycles. The van der Waals surface area contributed by atoms with Gasteiger partial charge >= 0.3 is 6.16 Å². The maximum Gasteiger partial charge on any atom is 0.412 e. The molecule has 1 aromatic carbocycles. The third kappa shape index (κ3) is 4.56. The molecule has 1 N–H and O–H groups in total. The third-order valence-corrected chi connectivity index (χ3v) is 8.54. The summed E-state index contributed by atoms with van der Waals surface area (Å²) in [5, 5.41) is 16.1. The van der Waals surface area contributed by atoms with E-state index in [0.29, 0.717) is 26.4 Å². The van der Waals surface area contributed by atoms with Gasteiger partial charge in [-0.3, -0.25) is 0 Å². The maximum atomic E-state index is 11.9. The molecule has 0 spiro atoms. The van der Waals surface area contributed by atoms with E-state index in [1.54, 1.807) is 22.7 Å². The first-order valence-corrected chi connectivity index (χ1v) is 13.1. The van der Waals surface area contributed by atoms with Crippen LogP contribution in [-0.4, -0.2) is 37.7 Å². The Bertz CT molecular complexity index is 1040. The van der Waals surface area contributed by atoms with Crippen molar-refractivity contribution in [1.29, 1.82) is 0 Å². The van der Waals surface area contributed by atoms with Gasteiger partial charge in [-0.25, -0.2) is 0 Å². The van der Waals surface area contributed by atoms with E-state index >= 15 is 0 Å². The van der Waals surface area contributed by atoms with Crippen LogP contribution < -0.4 is 0 Å². The van der Waals surface area contributed by atoms with E-state index in [1.807, 2.05) is 12.1 Å². The molecule has 3 fully saturated rings. The van der Waals surface area contributed by atoms with Crippen molar-refractivity contribution in [3.63, 3.8) is 0 Å². The molecule has 3 aromatic rings. The van der Waals surface area contributed by atoms with Gasteiger partial charge < -0.3 is 24.1 Å². The Labute approximate surface area is 202 Å². The highest BCUT2D eigenvalue weighted by molar-refractivity contribution is 7.12. The highest BCUT2D eigenvalue weighted by atomic mass is 32.1. The van der Waals surface area contributed by atoms with Crippen LogP contribution in [0.15, 0.2) is 47.2 Å². The van der Waals surface area contributed by atoms with Gasteiger partial charge in [0.05, 0.1) is 26.4 Å². The number of benzene rings is 1. The Morgan fingerprint density at radius 2 is 1.48 bits per heavy atom. The topological polar surface area (TPSA) is 57.2 Å². The van der Waals surface area contributed by atoms with E-state index in [9.17, 15) is 5.11 Å². The van der Waals surface area contributed by atoms with Crippen LogP contribution >= 0.6 is 22.7 Å². The summed E-state index contributed by atoms with van der Waals surface area (Å²) in [7, 11) is 0. The molecule has 0 aliphatic carbocycles. The monoisotopic (exact) mass is 486 g/mol. The van der Waals surface area contributed by atoms with E-state index in [-0.39, 0.29) is 5.41 Å². The number of hydrogen-bond donors (Lipinski definition) is 1. The fraction of sp³-hybridized carbons (Fsp3) is 0.462. The minimum Gasteiger partial charge on any atom is -0.374 e. The maximum absolute atomic E-state index is 11.9. The average molecular weight is 487 g/mol. The van der Waals surface area contributed by atoms with Gasteiger partial charge in [0.15, 0.2) is 5.60 Å². The largest absolute Gasteiger partial charge is 0.412 e. The van der Waals surface area contributed by atoms with Crippen LogP contribution in [0.5, 0.6) is 0 Å². The molecular formula is C26H30O5S2. The van der Waals surface area contributed by atoms with Crippen LogP contribution in [0.2, 0.25) is 0 Å². The van der Waals surface area contributed by atoms with Crippen molar-refractivity contribution in [2.24, 2.45) is 5.41 Å². The summed E-state index contributed by atoms with van der Waals surface area (Å²) in [6.07, 6.45) is 0.339. The lowest BCUT2D eigenvalue weighted by atomic mass is 9.89. The minimum absolute atomic E-state index is 0.0710. The number of aryl methyl sites for hydroxylation is 3. The van der Waals surface area contributed by atoms with Gasteiger partial charge in [0, 0.05) is 15.2 Å². The Hall–Kier alpha value is -1.58.